The summed E-state index contributed by atoms with van der Waals surface area (Å²) in [7, 11) is -2.71. The fourth-order valence-electron chi connectivity index (χ4n) is 1.61. The summed E-state index contributed by atoms with van der Waals surface area (Å²) in [5, 5.41) is 0. The van der Waals surface area contributed by atoms with Gasteiger partial charge in [-0.05, 0) is 12.1 Å². The third-order valence-electron chi connectivity index (χ3n) is 2.42. The lowest BCUT2D eigenvalue weighted by atomic mass is 10.3. The van der Waals surface area contributed by atoms with E-state index >= 15 is 0 Å². The summed E-state index contributed by atoms with van der Waals surface area (Å²) in [6, 6.07) is 2.75. The quantitative estimate of drug-likeness (QED) is 0.737. The first-order valence-electron chi connectivity index (χ1n) is 6.42. The zero-order chi connectivity index (χ0) is 17.6. The lowest BCUT2D eigenvalue weighted by Gasteiger charge is -2.06. The lowest BCUT2D eigenvalue weighted by molar-refractivity contribution is -0.0489. The molecule has 0 saturated carbocycles. The van der Waals surface area contributed by atoms with Gasteiger partial charge in [0.25, 0.3) is 10.1 Å². The van der Waals surface area contributed by atoms with Crippen LogP contribution in [0.2, 0.25) is 0 Å². The van der Waals surface area contributed by atoms with Crippen LogP contribution < -0.4 is 4.74 Å². The molecule has 10 heteroatoms. The molecule has 0 aliphatic carbocycles. The van der Waals surface area contributed by atoms with E-state index in [0.29, 0.717) is 10.7 Å². The van der Waals surface area contributed by atoms with Gasteiger partial charge in [-0.15, -0.1) is 0 Å². The van der Waals surface area contributed by atoms with Crippen molar-refractivity contribution in [2.75, 3.05) is 6.26 Å². The Bertz CT molecular complexity index is 857. The van der Waals surface area contributed by atoms with Crippen molar-refractivity contribution in [1.82, 2.24) is 9.55 Å². The van der Waals surface area contributed by atoms with Gasteiger partial charge in [0, 0.05) is 11.5 Å². The highest BCUT2D eigenvalue weighted by atomic mass is 79.9. The number of rotatable bonds is 5. The molecule has 0 saturated heterocycles. The number of imidazole rings is 1. The molecule has 0 aliphatic rings. The third kappa shape index (κ3) is 3.89. The number of aryl methyl sites for hydroxylation is 1. The summed E-state index contributed by atoms with van der Waals surface area (Å²) in [6.07, 6.45) is 0.690. The number of alkyl halides is 2. The van der Waals surface area contributed by atoms with Crippen LogP contribution in [0.25, 0.3) is 11.0 Å². The van der Waals surface area contributed by atoms with E-state index < -0.39 is 29.1 Å². The summed E-state index contributed by atoms with van der Waals surface area (Å²) in [5.74, 6) is -0.684. The first-order valence-corrected chi connectivity index (χ1v) is 8.03. The maximum absolute atomic E-state index is 12.5. The van der Waals surface area contributed by atoms with Gasteiger partial charge in [0.15, 0.2) is 5.75 Å². The van der Waals surface area contributed by atoms with Gasteiger partial charge in [-0.1, -0.05) is 15.9 Å². The maximum atomic E-state index is 12.5. The Hall–Kier alpha value is -1.26. The number of halogens is 3. The van der Waals surface area contributed by atoms with E-state index in [0.717, 1.165) is 0 Å². The first kappa shape index (κ1) is 13.4. The lowest BCUT2D eigenvalue weighted by Crippen LogP contribution is -2.06. The monoisotopic (exact) mass is 386 g/mol. The first-order chi connectivity index (χ1) is 10.4. The van der Waals surface area contributed by atoms with Gasteiger partial charge in [-0.3, -0.25) is 4.18 Å². The van der Waals surface area contributed by atoms with Crippen molar-refractivity contribution < 1.29 is 28.9 Å². The minimum absolute atomic E-state index is 0.0491. The Morgan fingerprint density at radius 1 is 1.52 bits per heavy atom. The summed E-state index contributed by atoms with van der Waals surface area (Å²) >= 11 is 3.13. The molecule has 2 aromatic rings. The molecule has 6 nitrogen and oxygen atoms in total. The van der Waals surface area contributed by atoms with Crippen LogP contribution in [0.3, 0.4) is 0 Å². The SMILES string of the molecule is [2H]C([2H])(OS(C)(=O)=O)c1nc2c(OC(F)F)cc(Br)cc2n1C. The van der Waals surface area contributed by atoms with Gasteiger partial charge >= 0.3 is 6.61 Å². The van der Waals surface area contributed by atoms with Crippen molar-refractivity contribution in [2.24, 2.45) is 7.05 Å². The molecule has 0 N–H and O–H groups in total. The van der Waals surface area contributed by atoms with Gasteiger partial charge in [0.05, 0.1) is 14.5 Å². The Balaban J connectivity index is 2.66. The van der Waals surface area contributed by atoms with Crippen molar-refractivity contribution in [3.63, 3.8) is 0 Å². The second-order valence-electron chi connectivity index (χ2n) is 4.03. The standard InChI is InChI=1S/C11H11BrF2N2O4S/c1-16-7-3-6(12)4-8(20-11(13)14)10(7)15-9(16)5-19-21(2,17)18/h3-4,11H,5H2,1-2H3/i5D2. The molecule has 0 amide bonds. The van der Waals surface area contributed by atoms with Crippen molar-refractivity contribution >= 4 is 37.1 Å². The Morgan fingerprint density at radius 2 is 2.19 bits per heavy atom. The van der Waals surface area contributed by atoms with Crippen LogP contribution >= 0.6 is 15.9 Å². The molecule has 0 spiro atoms. The molecule has 0 radical (unpaired) electrons. The van der Waals surface area contributed by atoms with Crippen LogP contribution in [0.5, 0.6) is 5.75 Å². The predicted octanol–water partition coefficient (Wildman–Crippen LogP) is 2.41. The predicted molar refractivity (Wildman–Crippen MR) is 74.7 cm³/mol. The number of nitrogens with zero attached hydrogens (tertiary/aromatic N) is 2. The normalized spacial score (nSPS) is 14.4. The largest absolute Gasteiger partial charge is 0.432 e. The van der Waals surface area contributed by atoms with Crippen molar-refractivity contribution in [2.45, 2.75) is 13.2 Å². The van der Waals surface area contributed by atoms with Crippen LogP contribution in [0.15, 0.2) is 16.6 Å². The van der Waals surface area contributed by atoms with Gasteiger partial charge in [-0.25, -0.2) is 4.98 Å². The number of aromatic nitrogens is 2. The molecule has 0 bridgehead atoms. The molecule has 2 rings (SSSR count). The second kappa shape index (κ2) is 5.85. The zero-order valence-corrected chi connectivity index (χ0v) is 13.2. The minimum atomic E-state index is -4.11. The smallest absolute Gasteiger partial charge is 0.387 e. The molecule has 1 aromatic carbocycles. The van der Waals surface area contributed by atoms with Gasteiger partial charge < -0.3 is 9.30 Å². The molecule has 0 aliphatic heterocycles. The fourth-order valence-corrected chi connectivity index (χ4v) is 2.26. The second-order valence-corrected chi connectivity index (χ2v) is 6.52. The molecular formula is C11H11BrF2N2O4S. The molecule has 1 aromatic heterocycles. The number of hydrogen-bond acceptors (Lipinski definition) is 5. The van der Waals surface area contributed by atoms with Crippen molar-refractivity contribution in [1.29, 1.82) is 0 Å². The van der Waals surface area contributed by atoms with Crippen molar-refractivity contribution in [3.8, 4) is 5.75 Å². The minimum Gasteiger partial charge on any atom is -0.432 e. The highest BCUT2D eigenvalue weighted by Gasteiger charge is 2.17. The van der Waals surface area contributed by atoms with Crippen LogP contribution in [0.1, 0.15) is 8.57 Å². The maximum Gasteiger partial charge on any atom is 0.387 e. The summed E-state index contributed by atoms with van der Waals surface area (Å²) in [4.78, 5) is 3.88. The molecule has 116 valence electrons. The van der Waals surface area contributed by atoms with E-state index in [1.807, 2.05) is 0 Å². The van der Waals surface area contributed by atoms with Crippen LogP contribution in [0.4, 0.5) is 8.78 Å². The highest BCUT2D eigenvalue weighted by Crippen LogP contribution is 2.31. The fraction of sp³-hybridized carbons (Fsp3) is 0.364. The summed E-state index contributed by atoms with van der Waals surface area (Å²) < 4.78 is 73.2. The van der Waals surface area contributed by atoms with E-state index in [1.54, 1.807) is 0 Å². The molecular weight excluding hydrogens is 374 g/mol. The number of benzene rings is 1. The van der Waals surface area contributed by atoms with E-state index in [9.17, 15) is 17.2 Å². The Kier molecular flexibility index (Phi) is 3.74. The van der Waals surface area contributed by atoms with E-state index in [1.165, 1.54) is 23.7 Å². The van der Waals surface area contributed by atoms with Crippen LogP contribution in [0, 0.1) is 0 Å². The molecule has 0 atom stereocenters. The number of fused-ring (bicyclic) bond motifs is 1. The Labute approximate surface area is 130 Å². The van der Waals surface area contributed by atoms with E-state index in [-0.39, 0.29) is 16.8 Å². The van der Waals surface area contributed by atoms with Gasteiger partial charge in [0.2, 0.25) is 0 Å². The van der Waals surface area contributed by atoms with E-state index in [2.05, 4.69) is 29.8 Å². The molecule has 21 heavy (non-hydrogen) atoms. The van der Waals surface area contributed by atoms with Gasteiger partial charge in [-0.2, -0.15) is 17.2 Å². The summed E-state index contributed by atoms with van der Waals surface area (Å²) in [5.41, 5.74) is 0.206. The number of ether oxygens (including phenoxy) is 1. The topological polar surface area (TPSA) is 70.4 Å². The average Bonchev–Trinajstić information content (AvgIpc) is 2.64. The summed E-state index contributed by atoms with van der Waals surface area (Å²) in [6.45, 7) is -5.88. The van der Waals surface area contributed by atoms with Gasteiger partial charge in [0.1, 0.15) is 17.9 Å². The molecule has 0 fully saturated rings. The Morgan fingerprint density at radius 3 is 2.76 bits per heavy atom. The average molecular weight is 387 g/mol. The third-order valence-corrected chi connectivity index (χ3v) is 3.26. The molecule has 1 heterocycles. The zero-order valence-electron chi connectivity index (χ0n) is 12.8. The van der Waals surface area contributed by atoms with E-state index in [4.69, 9.17) is 2.74 Å². The number of hydrogen-bond donors (Lipinski definition) is 0. The van der Waals surface area contributed by atoms with Crippen LogP contribution in [-0.4, -0.2) is 30.8 Å². The van der Waals surface area contributed by atoms with Crippen molar-refractivity contribution in [3.05, 3.63) is 22.4 Å². The molecule has 0 unspecified atom stereocenters. The van der Waals surface area contributed by atoms with Crippen LogP contribution in [-0.2, 0) is 27.9 Å². The highest BCUT2D eigenvalue weighted by molar-refractivity contribution is 9.10.